The summed E-state index contributed by atoms with van der Waals surface area (Å²) in [5, 5.41) is 10.3. The van der Waals surface area contributed by atoms with Crippen molar-refractivity contribution in [2.75, 3.05) is 32.8 Å². The molecule has 2 aliphatic rings. The monoisotopic (exact) mass is 213 g/mol. The maximum atomic E-state index is 10.3. The molecule has 0 spiro atoms. The lowest BCUT2D eigenvalue weighted by atomic mass is 9.90. The van der Waals surface area contributed by atoms with Gasteiger partial charge in [-0.25, -0.2) is 0 Å². The molecule has 2 saturated heterocycles. The molecule has 2 rings (SSSR count). The third-order valence-electron chi connectivity index (χ3n) is 3.77. The predicted molar refractivity (Wildman–Crippen MR) is 59.9 cm³/mol. The van der Waals surface area contributed by atoms with Crippen LogP contribution in [0.5, 0.6) is 0 Å². The quantitative estimate of drug-likeness (QED) is 0.769. The zero-order valence-electron chi connectivity index (χ0n) is 9.58. The van der Waals surface area contributed by atoms with Crippen molar-refractivity contribution in [3.8, 4) is 0 Å². The molecule has 2 heterocycles. The zero-order valence-corrected chi connectivity index (χ0v) is 9.58. The Balaban J connectivity index is 1.70. The summed E-state index contributed by atoms with van der Waals surface area (Å²) < 4.78 is 5.28. The van der Waals surface area contributed by atoms with Crippen molar-refractivity contribution in [1.82, 2.24) is 4.90 Å². The van der Waals surface area contributed by atoms with Crippen LogP contribution in [0, 0.1) is 0 Å². The third kappa shape index (κ3) is 3.44. The van der Waals surface area contributed by atoms with Crippen LogP contribution in [-0.2, 0) is 4.74 Å². The van der Waals surface area contributed by atoms with Crippen molar-refractivity contribution in [2.24, 2.45) is 0 Å². The van der Waals surface area contributed by atoms with Gasteiger partial charge < -0.3 is 14.7 Å². The number of aliphatic hydroxyl groups is 1. The fourth-order valence-corrected chi connectivity index (χ4v) is 2.55. The first kappa shape index (κ1) is 11.4. The molecule has 0 atom stereocenters. The van der Waals surface area contributed by atoms with E-state index < -0.39 is 5.60 Å². The van der Waals surface area contributed by atoms with Crippen LogP contribution in [0.2, 0.25) is 0 Å². The van der Waals surface area contributed by atoms with E-state index in [0.29, 0.717) is 0 Å². The Bertz CT molecular complexity index is 184. The van der Waals surface area contributed by atoms with Gasteiger partial charge in [-0.05, 0) is 45.2 Å². The SMILES string of the molecule is OC1(CCN2CCCCC2)CCOCC1. The van der Waals surface area contributed by atoms with Crippen LogP contribution < -0.4 is 0 Å². The molecular formula is C12H23NO2. The van der Waals surface area contributed by atoms with Gasteiger partial charge >= 0.3 is 0 Å². The number of ether oxygens (including phenoxy) is 1. The van der Waals surface area contributed by atoms with Gasteiger partial charge in [-0.15, -0.1) is 0 Å². The van der Waals surface area contributed by atoms with E-state index in [2.05, 4.69) is 4.90 Å². The Morgan fingerprint density at radius 1 is 1.07 bits per heavy atom. The first-order valence-corrected chi connectivity index (χ1v) is 6.31. The van der Waals surface area contributed by atoms with Gasteiger partial charge in [0, 0.05) is 19.8 Å². The van der Waals surface area contributed by atoms with Gasteiger partial charge in [0.25, 0.3) is 0 Å². The van der Waals surface area contributed by atoms with Gasteiger partial charge in [0.2, 0.25) is 0 Å². The van der Waals surface area contributed by atoms with E-state index in [1.165, 1.54) is 32.4 Å². The Kier molecular flexibility index (Phi) is 4.00. The highest BCUT2D eigenvalue weighted by atomic mass is 16.5. The Hall–Kier alpha value is -0.120. The zero-order chi connectivity index (χ0) is 10.6. The maximum Gasteiger partial charge on any atom is 0.0703 e. The predicted octanol–water partition coefficient (Wildman–Crippen LogP) is 1.40. The van der Waals surface area contributed by atoms with E-state index in [1.54, 1.807) is 0 Å². The number of nitrogens with zero attached hydrogens (tertiary/aromatic N) is 1. The standard InChI is InChI=1S/C12H23NO2/c14-12(5-10-15-11-6-12)4-9-13-7-2-1-3-8-13/h14H,1-11H2. The van der Waals surface area contributed by atoms with Gasteiger partial charge in [0.15, 0.2) is 0 Å². The van der Waals surface area contributed by atoms with Crippen molar-refractivity contribution in [2.45, 2.75) is 44.1 Å². The summed E-state index contributed by atoms with van der Waals surface area (Å²) >= 11 is 0. The summed E-state index contributed by atoms with van der Waals surface area (Å²) in [6.45, 7) is 4.99. The molecule has 0 unspecified atom stereocenters. The maximum absolute atomic E-state index is 10.3. The molecule has 3 heteroatoms. The molecule has 2 fully saturated rings. The minimum Gasteiger partial charge on any atom is -0.390 e. The molecule has 0 aromatic heterocycles. The number of hydrogen-bond acceptors (Lipinski definition) is 3. The largest absolute Gasteiger partial charge is 0.390 e. The minimum absolute atomic E-state index is 0.435. The van der Waals surface area contributed by atoms with Crippen LogP contribution in [0.3, 0.4) is 0 Å². The Morgan fingerprint density at radius 3 is 2.40 bits per heavy atom. The molecule has 2 aliphatic heterocycles. The highest BCUT2D eigenvalue weighted by molar-refractivity contribution is 4.82. The first-order chi connectivity index (χ1) is 7.29. The summed E-state index contributed by atoms with van der Waals surface area (Å²) in [4.78, 5) is 2.50. The molecule has 0 aromatic rings. The van der Waals surface area contributed by atoms with Crippen LogP contribution in [0.1, 0.15) is 38.5 Å². The van der Waals surface area contributed by atoms with Gasteiger partial charge in [-0.3, -0.25) is 0 Å². The van der Waals surface area contributed by atoms with Crippen molar-refractivity contribution >= 4 is 0 Å². The fourth-order valence-electron chi connectivity index (χ4n) is 2.55. The second-order valence-electron chi connectivity index (χ2n) is 4.99. The lowest BCUT2D eigenvalue weighted by Crippen LogP contribution is -2.41. The second-order valence-corrected chi connectivity index (χ2v) is 4.99. The molecule has 0 amide bonds. The summed E-state index contributed by atoms with van der Waals surface area (Å²) in [5.74, 6) is 0. The molecular weight excluding hydrogens is 190 g/mol. The summed E-state index contributed by atoms with van der Waals surface area (Å²) in [6.07, 6.45) is 6.62. The van der Waals surface area contributed by atoms with E-state index in [0.717, 1.165) is 39.0 Å². The van der Waals surface area contributed by atoms with Gasteiger partial charge in [-0.2, -0.15) is 0 Å². The topological polar surface area (TPSA) is 32.7 Å². The van der Waals surface area contributed by atoms with Crippen LogP contribution in [0.4, 0.5) is 0 Å². The summed E-state index contributed by atoms with van der Waals surface area (Å²) in [6, 6.07) is 0. The molecule has 0 aliphatic carbocycles. The lowest BCUT2D eigenvalue weighted by Gasteiger charge is -2.35. The molecule has 0 saturated carbocycles. The second kappa shape index (κ2) is 5.28. The average Bonchev–Trinajstić information content (AvgIpc) is 2.29. The van der Waals surface area contributed by atoms with Crippen molar-refractivity contribution < 1.29 is 9.84 Å². The smallest absolute Gasteiger partial charge is 0.0703 e. The summed E-state index contributed by atoms with van der Waals surface area (Å²) in [5.41, 5.74) is -0.435. The third-order valence-corrected chi connectivity index (χ3v) is 3.77. The van der Waals surface area contributed by atoms with Crippen molar-refractivity contribution in [3.63, 3.8) is 0 Å². The van der Waals surface area contributed by atoms with E-state index in [1.807, 2.05) is 0 Å². The molecule has 1 N–H and O–H groups in total. The van der Waals surface area contributed by atoms with E-state index in [4.69, 9.17) is 4.74 Å². The fraction of sp³-hybridized carbons (Fsp3) is 1.00. The first-order valence-electron chi connectivity index (χ1n) is 6.31. The highest BCUT2D eigenvalue weighted by Crippen LogP contribution is 2.24. The highest BCUT2D eigenvalue weighted by Gasteiger charge is 2.29. The molecule has 0 radical (unpaired) electrons. The minimum atomic E-state index is -0.435. The van der Waals surface area contributed by atoms with E-state index >= 15 is 0 Å². The molecule has 15 heavy (non-hydrogen) atoms. The number of piperidine rings is 1. The number of rotatable bonds is 3. The lowest BCUT2D eigenvalue weighted by molar-refractivity contribution is -0.0721. The normalized spacial score (nSPS) is 27.8. The number of likely N-dealkylation sites (tertiary alicyclic amines) is 1. The molecule has 3 nitrogen and oxygen atoms in total. The van der Waals surface area contributed by atoms with Crippen LogP contribution in [-0.4, -0.2) is 48.5 Å². The van der Waals surface area contributed by atoms with Crippen LogP contribution in [0.15, 0.2) is 0 Å². The van der Waals surface area contributed by atoms with E-state index in [-0.39, 0.29) is 0 Å². The van der Waals surface area contributed by atoms with Crippen molar-refractivity contribution in [3.05, 3.63) is 0 Å². The van der Waals surface area contributed by atoms with Gasteiger partial charge in [0.05, 0.1) is 5.60 Å². The molecule has 88 valence electrons. The van der Waals surface area contributed by atoms with Gasteiger partial charge in [0.1, 0.15) is 0 Å². The Labute approximate surface area is 92.4 Å². The summed E-state index contributed by atoms with van der Waals surface area (Å²) in [7, 11) is 0. The number of hydrogen-bond donors (Lipinski definition) is 1. The van der Waals surface area contributed by atoms with Crippen molar-refractivity contribution in [1.29, 1.82) is 0 Å². The van der Waals surface area contributed by atoms with E-state index in [9.17, 15) is 5.11 Å². The van der Waals surface area contributed by atoms with Crippen LogP contribution in [0.25, 0.3) is 0 Å². The average molecular weight is 213 g/mol. The molecule has 0 bridgehead atoms. The van der Waals surface area contributed by atoms with Gasteiger partial charge in [-0.1, -0.05) is 6.42 Å². The Morgan fingerprint density at radius 2 is 1.73 bits per heavy atom. The molecule has 0 aromatic carbocycles. The van der Waals surface area contributed by atoms with Crippen LogP contribution >= 0.6 is 0 Å².